The third kappa shape index (κ3) is 10.2. The van der Waals surface area contributed by atoms with Gasteiger partial charge in [-0.2, -0.15) is 17.5 Å². The molecule has 0 unspecified atom stereocenters. The summed E-state index contributed by atoms with van der Waals surface area (Å²) in [6.45, 7) is 0.772. The molecule has 4 aromatic heterocycles. The number of fused-ring (bicyclic) bond motifs is 6. The van der Waals surface area contributed by atoms with Crippen molar-refractivity contribution in [2.24, 2.45) is 0 Å². The lowest BCUT2D eigenvalue weighted by Gasteiger charge is -2.35. The summed E-state index contributed by atoms with van der Waals surface area (Å²) >= 11 is 2.41. The molecule has 4 aromatic carbocycles. The van der Waals surface area contributed by atoms with Gasteiger partial charge in [0, 0.05) is 58.4 Å². The molecular weight excluding hydrogens is 967 g/mol. The quantitative estimate of drug-likeness (QED) is 0.0888. The molecule has 8 aromatic rings. The van der Waals surface area contributed by atoms with Crippen LogP contribution in [0.2, 0.25) is 0 Å². The lowest BCUT2D eigenvalue weighted by molar-refractivity contribution is -0.125. The molecule has 0 fully saturated rings. The summed E-state index contributed by atoms with van der Waals surface area (Å²) in [4.78, 5) is 66.4. The molecule has 372 valence electrons. The predicted molar refractivity (Wildman–Crippen MR) is 279 cm³/mol. The number of nitrogens with zero attached hydrogens (tertiary/aromatic N) is 6. The maximum absolute atomic E-state index is 13.7. The topological polar surface area (TPSA) is 240 Å². The molecule has 0 spiro atoms. The molecule has 0 bridgehead atoms. The zero-order valence-corrected chi connectivity index (χ0v) is 41.8. The Labute approximate surface area is 428 Å². The van der Waals surface area contributed by atoms with E-state index in [-0.39, 0.29) is 29.0 Å². The first-order valence-electron chi connectivity index (χ1n) is 23.5. The molecule has 2 aliphatic heterocycles. The fourth-order valence-electron chi connectivity index (χ4n) is 9.90. The number of nitrogens with one attached hydrogen (secondary N) is 2. The third-order valence-corrected chi connectivity index (χ3v) is 14.6. The van der Waals surface area contributed by atoms with Crippen molar-refractivity contribution in [3.63, 3.8) is 0 Å². The molecule has 5 N–H and O–H groups in total. The average Bonchev–Trinajstić information content (AvgIpc) is 4.31. The highest BCUT2D eigenvalue weighted by molar-refractivity contribution is 7.00. The van der Waals surface area contributed by atoms with Crippen LogP contribution in [-0.2, 0) is 35.3 Å². The molecule has 4 aliphatic rings. The molecule has 0 saturated carbocycles. The number of nitrogens with two attached hydrogens (primary N) is 1. The number of hydrogen-bond acceptors (Lipinski definition) is 15. The van der Waals surface area contributed by atoms with Gasteiger partial charge in [0.15, 0.2) is 12.0 Å². The predicted octanol–water partition coefficient (Wildman–Crippen LogP) is 6.98. The molecule has 2 aliphatic carbocycles. The number of rotatable bonds is 8. The van der Waals surface area contributed by atoms with Crippen molar-refractivity contribution < 1.29 is 37.9 Å². The Morgan fingerprint density at radius 3 is 1.74 bits per heavy atom. The van der Waals surface area contributed by atoms with E-state index in [2.05, 4.69) is 52.4 Å². The molecule has 73 heavy (non-hydrogen) atoms. The normalized spacial score (nSPS) is 16.2. The Morgan fingerprint density at radius 2 is 1.16 bits per heavy atom. The maximum Gasteiger partial charge on any atom is 0.291 e. The number of furan rings is 2. The van der Waals surface area contributed by atoms with E-state index in [1.165, 1.54) is 68.5 Å². The number of anilines is 1. The standard InChI is InChI=1S/C27H24N4O3S.C20H18N2O4.C6H5N3S.CH4O/c1-28-26(32)24-14-21-19(13-18-4-2-3-5-20(18)21)15-31(24)27(33)25-17(10-11-34-25)8-6-16-7-9-22-23(12-16)30-35-29-22;1-21-19(24)17-9-16-14(8-12-4-2-3-5-15(12)16)10-22(17)20(25)18-13(11-23)6-7-26-18;7-4-1-2-5-6(3-4)9-10-8-5;1-2/h2-5,7,9-12,24H,6,8,13-15H2,1H3,(H,28,32);2-7,11,17H,8-10H2,1H3,(H,21,24);1-3H,7H2;2H,1H3/t24-;17-;;/m11../s1. The fraction of sp³-hybridized carbons (Fsp3) is 0.241. The summed E-state index contributed by atoms with van der Waals surface area (Å²) in [6, 6.07) is 30.1. The first-order chi connectivity index (χ1) is 35.6. The number of hydrogen-bond donors (Lipinski definition) is 4. The number of carbonyl (C=O) groups excluding carboxylic acids is 5. The lowest BCUT2D eigenvalue weighted by Crippen LogP contribution is -2.51. The van der Waals surface area contributed by atoms with Crippen LogP contribution < -0.4 is 16.4 Å². The van der Waals surface area contributed by atoms with E-state index in [0.717, 1.165) is 82.0 Å². The Balaban J connectivity index is 0.000000151. The maximum atomic E-state index is 13.7. The van der Waals surface area contributed by atoms with Crippen LogP contribution in [0.3, 0.4) is 0 Å². The number of aromatic nitrogens is 4. The van der Waals surface area contributed by atoms with Crippen molar-refractivity contribution in [2.45, 2.75) is 50.6 Å². The van der Waals surface area contributed by atoms with Crippen molar-refractivity contribution in [2.75, 3.05) is 40.0 Å². The van der Waals surface area contributed by atoms with Gasteiger partial charge in [0.05, 0.1) is 41.5 Å². The number of likely N-dealkylation sites (N-methyl/N-ethyl adjacent to an activating group) is 2. The number of aliphatic hydroxyl groups excluding tert-OH is 1. The average molecular weight is 1020 g/mol. The zero-order chi connectivity index (χ0) is 51.2. The van der Waals surface area contributed by atoms with E-state index in [0.29, 0.717) is 44.4 Å². The van der Waals surface area contributed by atoms with Crippen molar-refractivity contribution in [3.05, 3.63) is 171 Å². The van der Waals surface area contributed by atoms with Crippen LogP contribution in [0.1, 0.15) is 77.7 Å². The van der Waals surface area contributed by atoms with Gasteiger partial charge in [0.1, 0.15) is 34.2 Å². The smallest absolute Gasteiger partial charge is 0.291 e. The van der Waals surface area contributed by atoms with Crippen LogP contribution in [0.5, 0.6) is 0 Å². The molecule has 0 radical (unpaired) electrons. The first-order valence-corrected chi connectivity index (χ1v) is 24.9. The summed E-state index contributed by atoms with van der Waals surface area (Å²) in [5.41, 5.74) is 21.5. The fourth-order valence-corrected chi connectivity index (χ4v) is 10.9. The number of aldehydes is 1. The minimum Gasteiger partial charge on any atom is -0.459 e. The molecule has 17 nitrogen and oxygen atoms in total. The Morgan fingerprint density at radius 1 is 0.658 bits per heavy atom. The molecule has 4 amide bonds. The monoisotopic (exact) mass is 1020 g/mol. The summed E-state index contributed by atoms with van der Waals surface area (Å²) in [5, 5.41) is 12.4. The lowest BCUT2D eigenvalue weighted by atomic mass is 9.92. The third-order valence-electron chi connectivity index (χ3n) is 13.5. The second-order valence-electron chi connectivity index (χ2n) is 17.6. The zero-order valence-electron chi connectivity index (χ0n) is 40.2. The van der Waals surface area contributed by atoms with Crippen molar-refractivity contribution in [1.82, 2.24) is 37.9 Å². The van der Waals surface area contributed by atoms with Gasteiger partial charge in [-0.05, 0) is 118 Å². The molecular formula is C54H51N9O8S2. The summed E-state index contributed by atoms with van der Waals surface area (Å²) in [5.74, 6) is -0.766. The number of benzene rings is 4. The number of carbonyl (C=O) groups is 5. The second-order valence-corrected chi connectivity index (χ2v) is 18.6. The Bertz CT molecular complexity index is 3440. The number of nitrogen functional groups attached to an aromatic ring is 1. The van der Waals surface area contributed by atoms with Gasteiger partial charge in [0.2, 0.25) is 17.6 Å². The second kappa shape index (κ2) is 22.1. The van der Waals surface area contributed by atoms with E-state index in [9.17, 15) is 24.0 Å². The molecule has 19 heteroatoms. The van der Waals surface area contributed by atoms with Crippen LogP contribution in [-0.4, -0.2) is 109 Å². The van der Waals surface area contributed by atoms with Gasteiger partial charge >= 0.3 is 0 Å². The van der Waals surface area contributed by atoms with Crippen LogP contribution in [0.25, 0.3) is 33.2 Å². The largest absolute Gasteiger partial charge is 0.459 e. The summed E-state index contributed by atoms with van der Waals surface area (Å²) < 4.78 is 27.6. The van der Waals surface area contributed by atoms with Crippen molar-refractivity contribution >= 4 is 92.3 Å². The SMILES string of the molecule is CNC(=O)[C@H]1CC2=C(Cc3ccccc32)CN1C(=O)c1occc1C=O.CNC(=O)[C@H]1CC2=C(Cc3ccccc32)CN1C(=O)c1occc1CCc1ccc2nsnc2c1.CO.Nc1ccc2nsnc2c1. The van der Waals surface area contributed by atoms with Gasteiger partial charge in [-0.3, -0.25) is 24.0 Å². The molecule has 6 heterocycles. The Hall–Kier alpha value is -8.13. The summed E-state index contributed by atoms with van der Waals surface area (Å²) in [7, 11) is 4.17. The van der Waals surface area contributed by atoms with Crippen LogP contribution >= 0.6 is 23.5 Å². The molecule has 0 saturated heterocycles. The molecule has 12 rings (SSSR count). The van der Waals surface area contributed by atoms with E-state index in [4.69, 9.17) is 19.7 Å². The minimum absolute atomic E-state index is 0.0199. The van der Waals surface area contributed by atoms with Crippen LogP contribution in [0.15, 0.2) is 130 Å². The number of amides is 4. The van der Waals surface area contributed by atoms with Gasteiger partial charge < -0.3 is 40.1 Å². The van der Waals surface area contributed by atoms with Crippen LogP contribution in [0.4, 0.5) is 5.69 Å². The first kappa shape index (κ1) is 49.8. The van der Waals surface area contributed by atoms with Crippen LogP contribution in [0, 0.1) is 0 Å². The number of aliphatic hydroxyl groups is 1. The highest BCUT2D eigenvalue weighted by Crippen LogP contribution is 2.42. The minimum atomic E-state index is -0.637. The van der Waals surface area contributed by atoms with E-state index in [1.807, 2.05) is 66.7 Å². The van der Waals surface area contributed by atoms with E-state index < -0.39 is 18.0 Å². The highest BCUT2D eigenvalue weighted by atomic mass is 32.1. The number of aryl methyl sites for hydroxylation is 2. The van der Waals surface area contributed by atoms with E-state index in [1.54, 1.807) is 25.3 Å². The van der Waals surface area contributed by atoms with Gasteiger partial charge in [-0.25, -0.2) is 0 Å². The van der Waals surface area contributed by atoms with Gasteiger partial charge in [0.25, 0.3) is 11.8 Å². The highest BCUT2D eigenvalue weighted by Gasteiger charge is 2.41. The van der Waals surface area contributed by atoms with Gasteiger partial charge in [-0.15, -0.1) is 0 Å². The van der Waals surface area contributed by atoms with E-state index >= 15 is 0 Å². The van der Waals surface area contributed by atoms with Crippen molar-refractivity contribution in [3.8, 4) is 0 Å². The van der Waals surface area contributed by atoms with Crippen molar-refractivity contribution in [1.29, 1.82) is 0 Å². The van der Waals surface area contributed by atoms with Gasteiger partial charge in [-0.1, -0.05) is 54.6 Å². The summed E-state index contributed by atoms with van der Waals surface area (Å²) in [6.07, 6.45) is 7.41. The Kier molecular flexibility index (Phi) is 15.1. The molecule has 2 atom stereocenters.